The molecule has 146 valence electrons. The van der Waals surface area contributed by atoms with Gasteiger partial charge >= 0.3 is 0 Å². The summed E-state index contributed by atoms with van der Waals surface area (Å²) in [5.74, 6) is 0.0437. The van der Waals surface area contributed by atoms with Gasteiger partial charge in [-0.05, 0) is 56.1 Å². The molecule has 0 radical (unpaired) electrons. The Labute approximate surface area is 166 Å². The lowest BCUT2D eigenvalue weighted by molar-refractivity contribution is -0.122. The Morgan fingerprint density at radius 3 is 2.61 bits per heavy atom. The molecule has 0 spiro atoms. The van der Waals surface area contributed by atoms with Gasteiger partial charge in [-0.3, -0.25) is 9.69 Å². The molecule has 1 atom stereocenters. The summed E-state index contributed by atoms with van der Waals surface area (Å²) in [5, 5.41) is 7.16. The third-order valence-corrected chi connectivity index (χ3v) is 5.09. The number of amides is 1. The van der Waals surface area contributed by atoms with Gasteiger partial charge in [0.05, 0.1) is 12.2 Å². The molecule has 1 unspecified atom stereocenters. The van der Waals surface area contributed by atoms with E-state index in [1.165, 1.54) is 17.5 Å². The molecule has 0 saturated heterocycles. The number of benzene rings is 2. The van der Waals surface area contributed by atoms with Crippen molar-refractivity contribution in [3.63, 3.8) is 0 Å². The van der Waals surface area contributed by atoms with E-state index in [1.807, 2.05) is 36.2 Å². The van der Waals surface area contributed by atoms with Gasteiger partial charge in [0, 0.05) is 12.6 Å². The van der Waals surface area contributed by atoms with Crippen LogP contribution in [0.25, 0.3) is 5.69 Å². The highest BCUT2D eigenvalue weighted by Crippen LogP contribution is 2.19. The molecule has 3 rings (SSSR count). The molecule has 0 aliphatic carbocycles. The Bertz CT molecular complexity index is 890. The maximum absolute atomic E-state index is 12.3. The van der Waals surface area contributed by atoms with Crippen LogP contribution >= 0.6 is 0 Å². The molecule has 6 nitrogen and oxygen atoms in total. The Balaban J connectivity index is 1.48. The number of nitrogens with zero attached hydrogens (tertiary/aromatic N) is 4. The minimum Gasteiger partial charge on any atom is -0.355 e. The van der Waals surface area contributed by atoms with Gasteiger partial charge in [0.2, 0.25) is 5.91 Å². The average molecular weight is 377 g/mol. The van der Waals surface area contributed by atoms with Crippen molar-refractivity contribution in [3.8, 4) is 5.69 Å². The number of hydrogen-bond acceptors (Lipinski definition) is 4. The van der Waals surface area contributed by atoms with E-state index in [0.29, 0.717) is 13.1 Å². The Morgan fingerprint density at radius 2 is 1.93 bits per heavy atom. The Morgan fingerprint density at radius 1 is 1.18 bits per heavy atom. The van der Waals surface area contributed by atoms with Crippen molar-refractivity contribution in [1.29, 1.82) is 0 Å². The summed E-state index contributed by atoms with van der Waals surface area (Å²) in [6.07, 6.45) is 4.04. The fourth-order valence-electron chi connectivity index (χ4n) is 3.15. The monoisotopic (exact) mass is 377 g/mol. The van der Waals surface area contributed by atoms with E-state index < -0.39 is 0 Å². The highest BCUT2D eigenvalue weighted by atomic mass is 16.2. The molecule has 0 bridgehead atoms. The minimum absolute atomic E-state index is 0.0437. The zero-order chi connectivity index (χ0) is 19.9. The van der Waals surface area contributed by atoms with Gasteiger partial charge in [0.15, 0.2) is 0 Å². The predicted molar refractivity (Wildman–Crippen MR) is 110 cm³/mol. The molecule has 3 aromatic rings. The van der Waals surface area contributed by atoms with Crippen LogP contribution in [0.5, 0.6) is 0 Å². The highest BCUT2D eigenvalue weighted by molar-refractivity contribution is 5.78. The maximum Gasteiger partial charge on any atom is 0.234 e. The van der Waals surface area contributed by atoms with Crippen LogP contribution in [0.4, 0.5) is 0 Å². The van der Waals surface area contributed by atoms with Gasteiger partial charge in [0.25, 0.3) is 0 Å². The van der Waals surface area contributed by atoms with Crippen LogP contribution in [0.2, 0.25) is 0 Å². The molecule has 0 saturated carbocycles. The number of carbonyl (C=O) groups excluding carboxylic acids is 1. The van der Waals surface area contributed by atoms with Crippen molar-refractivity contribution >= 4 is 5.91 Å². The molecule has 1 amide bonds. The maximum atomic E-state index is 12.3. The largest absolute Gasteiger partial charge is 0.355 e. The van der Waals surface area contributed by atoms with Gasteiger partial charge in [0.1, 0.15) is 12.7 Å². The third kappa shape index (κ3) is 5.04. The smallest absolute Gasteiger partial charge is 0.234 e. The lowest BCUT2D eigenvalue weighted by Crippen LogP contribution is -2.37. The second-order valence-electron chi connectivity index (χ2n) is 7.05. The van der Waals surface area contributed by atoms with E-state index in [-0.39, 0.29) is 11.9 Å². The van der Waals surface area contributed by atoms with Crippen LogP contribution in [0.3, 0.4) is 0 Å². The summed E-state index contributed by atoms with van der Waals surface area (Å²) in [6.45, 7) is 5.21. The second kappa shape index (κ2) is 9.28. The van der Waals surface area contributed by atoms with Gasteiger partial charge < -0.3 is 5.32 Å². The van der Waals surface area contributed by atoms with E-state index in [1.54, 1.807) is 11.0 Å². The Kier molecular flexibility index (Phi) is 6.55. The first-order valence-electron chi connectivity index (χ1n) is 9.51. The van der Waals surface area contributed by atoms with E-state index in [4.69, 9.17) is 0 Å². The summed E-state index contributed by atoms with van der Waals surface area (Å²) in [4.78, 5) is 18.3. The van der Waals surface area contributed by atoms with E-state index >= 15 is 0 Å². The third-order valence-electron chi connectivity index (χ3n) is 5.09. The zero-order valence-electron chi connectivity index (χ0n) is 16.7. The van der Waals surface area contributed by atoms with Crippen LogP contribution in [0.1, 0.15) is 29.7 Å². The SMILES string of the molecule is Cc1ccccc1CCNC(=O)CN(C)C(C)c1ccc(-n2cncn2)cc1. The normalized spacial score (nSPS) is 12.1. The molecule has 1 aromatic heterocycles. The average Bonchev–Trinajstić information content (AvgIpc) is 3.24. The molecule has 0 aliphatic heterocycles. The van der Waals surface area contributed by atoms with E-state index in [2.05, 4.69) is 53.5 Å². The summed E-state index contributed by atoms with van der Waals surface area (Å²) >= 11 is 0. The summed E-state index contributed by atoms with van der Waals surface area (Å²) < 4.78 is 1.72. The number of likely N-dealkylation sites (N-methyl/N-ethyl adjacent to an activating group) is 1. The van der Waals surface area contributed by atoms with Crippen LogP contribution in [0, 0.1) is 6.92 Å². The minimum atomic E-state index is 0.0437. The van der Waals surface area contributed by atoms with Crippen LogP contribution < -0.4 is 5.32 Å². The Hall–Kier alpha value is -2.99. The van der Waals surface area contributed by atoms with Gasteiger partial charge in [-0.2, -0.15) is 5.10 Å². The number of hydrogen-bond donors (Lipinski definition) is 1. The molecular weight excluding hydrogens is 350 g/mol. The van der Waals surface area contributed by atoms with Crippen molar-refractivity contribution < 1.29 is 4.79 Å². The fourth-order valence-corrected chi connectivity index (χ4v) is 3.15. The summed E-state index contributed by atoms with van der Waals surface area (Å²) in [6, 6.07) is 16.6. The van der Waals surface area contributed by atoms with Crippen molar-refractivity contribution in [3.05, 3.63) is 77.9 Å². The summed E-state index contributed by atoms with van der Waals surface area (Å²) in [7, 11) is 1.97. The molecule has 0 fully saturated rings. The number of rotatable bonds is 8. The lowest BCUT2D eigenvalue weighted by Gasteiger charge is -2.24. The standard InChI is InChI=1S/C22H27N5O/c1-17-6-4-5-7-19(17)12-13-24-22(28)14-26(3)18(2)20-8-10-21(11-9-20)27-16-23-15-25-27/h4-11,15-16,18H,12-14H2,1-3H3,(H,24,28). The molecule has 28 heavy (non-hydrogen) atoms. The first-order valence-corrected chi connectivity index (χ1v) is 9.51. The zero-order valence-corrected chi connectivity index (χ0v) is 16.7. The van der Waals surface area contributed by atoms with Crippen molar-refractivity contribution in [2.24, 2.45) is 0 Å². The quantitative estimate of drug-likeness (QED) is 0.656. The molecule has 1 N–H and O–H groups in total. The van der Waals surface area contributed by atoms with Crippen molar-refractivity contribution in [2.75, 3.05) is 20.1 Å². The molecule has 0 aliphatic rings. The molecule has 6 heteroatoms. The van der Waals surface area contributed by atoms with Crippen molar-refractivity contribution in [2.45, 2.75) is 26.3 Å². The van der Waals surface area contributed by atoms with Gasteiger partial charge in [-0.25, -0.2) is 9.67 Å². The first kappa shape index (κ1) is 19.8. The number of aromatic nitrogens is 3. The van der Waals surface area contributed by atoms with E-state index in [0.717, 1.165) is 17.7 Å². The topological polar surface area (TPSA) is 63.1 Å². The molecule has 2 aromatic carbocycles. The molecule has 1 heterocycles. The van der Waals surface area contributed by atoms with Gasteiger partial charge in [-0.15, -0.1) is 0 Å². The fraction of sp³-hybridized carbons (Fsp3) is 0.318. The highest BCUT2D eigenvalue weighted by Gasteiger charge is 2.15. The first-order chi connectivity index (χ1) is 13.5. The van der Waals surface area contributed by atoms with Crippen LogP contribution in [0.15, 0.2) is 61.2 Å². The lowest BCUT2D eigenvalue weighted by atomic mass is 10.1. The van der Waals surface area contributed by atoms with Crippen molar-refractivity contribution in [1.82, 2.24) is 25.0 Å². The van der Waals surface area contributed by atoms with Gasteiger partial charge in [-0.1, -0.05) is 36.4 Å². The van der Waals surface area contributed by atoms with Crippen LogP contribution in [-0.2, 0) is 11.2 Å². The predicted octanol–water partition coefficient (Wildman–Crippen LogP) is 2.93. The number of carbonyl (C=O) groups is 1. The van der Waals surface area contributed by atoms with Crippen LogP contribution in [-0.4, -0.2) is 45.7 Å². The second-order valence-corrected chi connectivity index (χ2v) is 7.05. The summed E-state index contributed by atoms with van der Waals surface area (Å²) in [5.41, 5.74) is 4.65. The number of aryl methyl sites for hydroxylation is 1. The van der Waals surface area contributed by atoms with E-state index in [9.17, 15) is 4.79 Å². The number of nitrogens with one attached hydrogen (secondary N) is 1. The molecular formula is C22H27N5O.